The van der Waals surface area contributed by atoms with Crippen molar-refractivity contribution in [2.75, 3.05) is 0 Å². The Balaban J connectivity index is 2.60. The Morgan fingerprint density at radius 1 is 1.21 bits per heavy atom. The highest BCUT2D eigenvalue weighted by Gasteiger charge is 2.07. The standard InChI is InChI=1S/C9H5Br2ClN2/c10-8-5-9(11)14(13-8)7-4-2-1-3-6(7)12/h1-5H. The molecule has 1 aromatic carbocycles. The molecule has 0 spiro atoms. The SMILES string of the molecule is Clc1ccccc1-n1nc(Br)cc1Br. The molecule has 2 rings (SSSR count). The fraction of sp³-hybridized carbons (Fsp3) is 0. The molecular weight excluding hydrogens is 331 g/mol. The normalized spacial score (nSPS) is 10.5. The Labute approximate surface area is 103 Å². The van der Waals surface area contributed by atoms with Crippen molar-refractivity contribution >= 4 is 43.5 Å². The third-order valence-electron chi connectivity index (χ3n) is 1.72. The fourth-order valence-electron chi connectivity index (χ4n) is 1.12. The van der Waals surface area contributed by atoms with Gasteiger partial charge in [0.15, 0.2) is 0 Å². The predicted octanol–water partition coefficient (Wildman–Crippen LogP) is 4.05. The zero-order valence-corrected chi connectivity index (χ0v) is 10.8. The second-order valence-corrected chi connectivity index (χ2v) is 4.69. The van der Waals surface area contributed by atoms with Gasteiger partial charge in [-0.25, -0.2) is 4.68 Å². The third-order valence-corrected chi connectivity index (χ3v) is 2.99. The molecule has 0 aliphatic carbocycles. The van der Waals surface area contributed by atoms with Crippen molar-refractivity contribution in [3.8, 4) is 5.69 Å². The summed E-state index contributed by atoms with van der Waals surface area (Å²) in [4.78, 5) is 0. The molecule has 1 heterocycles. The quantitative estimate of drug-likeness (QED) is 0.768. The van der Waals surface area contributed by atoms with E-state index < -0.39 is 0 Å². The van der Waals surface area contributed by atoms with Gasteiger partial charge in [0.1, 0.15) is 9.21 Å². The molecule has 0 unspecified atom stereocenters. The van der Waals surface area contributed by atoms with E-state index in [0.29, 0.717) is 5.02 Å². The summed E-state index contributed by atoms with van der Waals surface area (Å²) >= 11 is 12.7. The Kier molecular flexibility index (Phi) is 2.95. The number of hydrogen-bond donors (Lipinski definition) is 0. The van der Waals surface area contributed by atoms with Crippen LogP contribution in [0.1, 0.15) is 0 Å². The smallest absolute Gasteiger partial charge is 0.129 e. The molecule has 2 aromatic rings. The highest BCUT2D eigenvalue weighted by Crippen LogP contribution is 2.25. The third kappa shape index (κ3) is 1.87. The van der Waals surface area contributed by atoms with E-state index in [1.807, 2.05) is 30.3 Å². The van der Waals surface area contributed by atoms with Gasteiger partial charge >= 0.3 is 0 Å². The van der Waals surface area contributed by atoms with Gasteiger partial charge in [-0.2, -0.15) is 5.10 Å². The van der Waals surface area contributed by atoms with Crippen LogP contribution in [-0.2, 0) is 0 Å². The lowest BCUT2D eigenvalue weighted by atomic mass is 10.3. The summed E-state index contributed by atoms with van der Waals surface area (Å²) in [7, 11) is 0. The van der Waals surface area contributed by atoms with Crippen LogP contribution in [0.5, 0.6) is 0 Å². The van der Waals surface area contributed by atoms with Crippen molar-refractivity contribution in [3.63, 3.8) is 0 Å². The summed E-state index contributed by atoms with van der Waals surface area (Å²) in [6.07, 6.45) is 0. The first-order chi connectivity index (χ1) is 6.68. The Morgan fingerprint density at radius 2 is 1.93 bits per heavy atom. The number of hydrogen-bond acceptors (Lipinski definition) is 1. The van der Waals surface area contributed by atoms with E-state index in [2.05, 4.69) is 37.0 Å². The summed E-state index contributed by atoms with van der Waals surface area (Å²) < 4.78 is 3.36. The number of benzene rings is 1. The molecule has 0 atom stereocenters. The zero-order chi connectivity index (χ0) is 10.1. The average Bonchev–Trinajstić information content (AvgIpc) is 2.46. The van der Waals surface area contributed by atoms with E-state index in [0.717, 1.165) is 14.9 Å². The highest BCUT2D eigenvalue weighted by molar-refractivity contribution is 9.11. The molecule has 5 heteroatoms. The van der Waals surface area contributed by atoms with Gasteiger partial charge in [0, 0.05) is 6.07 Å². The van der Waals surface area contributed by atoms with Crippen molar-refractivity contribution < 1.29 is 0 Å². The summed E-state index contributed by atoms with van der Waals surface area (Å²) in [5.74, 6) is 0. The van der Waals surface area contributed by atoms with Crippen LogP contribution in [0.15, 0.2) is 39.5 Å². The van der Waals surface area contributed by atoms with Crippen LogP contribution >= 0.6 is 43.5 Å². The Morgan fingerprint density at radius 3 is 2.50 bits per heavy atom. The van der Waals surface area contributed by atoms with Crippen LogP contribution in [0, 0.1) is 0 Å². The maximum atomic E-state index is 6.04. The molecule has 2 nitrogen and oxygen atoms in total. The molecule has 0 aliphatic rings. The lowest BCUT2D eigenvalue weighted by Crippen LogP contribution is -1.96. The predicted molar refractivity (Wildman–Crippen MR) is 64.0 cm³/mol. The maximum Gasteiger partial charge on any atom is 0.129 e. The first-order valence-electron chi connectivity index (χ1n) is 3.84. The van der Waals surface area contributed by atoms with Gasteiger partial charge in [0.25, 0.3) is 0 Å². The second-order valence-electron chi connectivity index (χ2n) is 2.65. The molecule has 0 amide bonds. The van der Waals surface area contributed by atoms with Crippen LogP contribution in [0.4, 0.5) is 0 Å². The van der Waals surface area contributed by atoms with E-state index in [9.17, 15) is 0 Å². The van der Waals surface area contributed by atoms with Gasteiger partial charge in [-0.05, 0) is 44.0 Å². The topological polar surface area (TPSA) is 17.8 Å². The van der Waals surface area contributed by atoms with E-state index >= 15 is 0 Å². The molecule has 0 aliphatic heterocycles. The first kappa shape index (κ1) is 10.2. The molecule has 1 aromatic heterocycles. The minimum Gasteiger partial charge on any atom is -0.224 e. The van der Waals surface area contributed by atoms with Gasteiger partial charge in [-0.15, -0.1) is 0 Å². The van der Waals surface area contributed by atoms with Crippen molar-refractivity contribution in [2.45, 2.75) is 0 Å². The summed E-state index contributed by atoms with van der Waals surface area (Å²) in [6.45, 7) is 0. The molecular formula is C9H5Br2ClN2. The molecule has 0 N–H and O–H groups in total. The zero-order valence-electron chi connectivity index (χ0n) is 6.92. The number of nitrogens with zero attached hydrogens (tertiary/aromatic N) is 2. The monoisotopic (exact) mass is 334 g/mol. The molecule has 14 heavy (non-hydrogen) atoms. The van der Waals surface area contributed by atoms with Gasteiger partial charge in [-0.1, -0.05) is 23.7 Å². The van der Waals surface area contributed by atoms with Crippen LogP contribution in [0.3, 0.4) is 0 Å². The fourth-order valence-corrected chi connectivity index (χ4v) is 2.51. The lowest BCUT2D eigenvalue weighted by molar-refractivity contribution is 0.852. The Hall–Kier alpha value is -0.320. The number of halogens is 3. The summed E-state index contributed by atoms with van der Waals surface area (Å²) in [6, 6.07) is 9.41. The molecule has 0 saturated heterocycles. The van der Waals surface area contributed by atoms with Crippen LogP contribution in [0.25, 0.3) is 5.69 Å². The molecule has 0 radical (unpaired) electrons. The van der Waals surface area contributed by atoms with Crippen molar-refractivity contribution in [2.24, 2.45) is 0 Å². The molecule has 0 fully saturated rings. The molecule has 72 valence electrons. The highest BCUT2D eigenvalue weighted by atomic mass is 79.9. The Bertz CT molecular complexity index is 468. The summed E-state index contributed by atoms with van der Waals surface area (Å²) in [5.41, 5.74) is 0.853. The van der Waals surface area contributed by atoms with Crippen molar-refractivity contribution in [1.29, 1.82) is 0 Å². The minimum atomic E-state index is 0.670. The molecule has 0 saturated carbocycles. The first-order valence-corrected chi connectivity index (χ1v) is 5.81. The van der Waals surface area contributed by atoms with E-state index in [4.69, 9.17) is 11.6 Å². The number of rotatable bonds is 1. The molecule has 0 bridgehead atoms. The second kappa shape index (κ2) is 4.04. The van der Waals surface area contributed by atoms with Gasteiger partial charge in [-0.3, -0.25) is 0 Å². The van der Waals surface area contributed by atoms with Crippen LogP contribution in [-0.4, -0.2) is 9.78 Å². The van der Waals surface area contributed by atoms with E-state index in [-0.39, 0.29) is 0 Å². The largest absolute Gasteiger partial charge is 0.224 e. The average molecular weight is 336 g/mol. The summed E-state index contributed by atoms with van der Waals surface area (Å²) in [5, 5.41) is 4.91. The number of para-hydroxylation sites is 1. The van der Waals surface area contributed by atoms with E-state index in [1.54, 1.807) is 4.68 Å². The lowest BCUT2D eigenvalue weighted by Gasteiger charge is -2.04. The van der Waals surface area contributed by atoms with Gasteiger partial charge < -0.3 is 0 Å². The van der Waals surface area contributed by atoms with E-state index in [1.165, 1.54) is 0 Å². The van der Waals surface area contributed by atoms with Crippen molar-refractivity contribution in [3.05, 3.63) is 44.6 Å². The number of aromatic nitrogens is 2. The van der Waals surface area contributed by atoms with Gasteiger partial charge in [0.2, 0.25) is 0 Å². The minimum absolute atomic E-state index is 0.670. The van der Waals surface area contributed by atoms with Gasteiger partial charge in [0.05, 0.1) is 10.7 Å². The van der Waals surface area contributed by atoms with Crippen LogP contribution < -0.4 is 0 Å². The van der Waals surface area contributed by atoms with Crippen LogP contribution in [0.2, 0.25) is 5.02 Å². The maximum absolute atomic E-state index is 6.04. The van der Waals surface area contributed by atoms with Crippen molar-refractivity contribution in [1.82, 2.24) is 9.78 Å².